The highest BCUT2D eigenvalue weighted by molar-refractivity contribution is 8.76. The maximum Gasteiger partial charge on any atom is 0.416 e. The average molecular weight is 1750 g/mol. The number of fused-ring (bicyclic) bond motifs is 5. The lowest BCUT2D eigenvalue weighted by atomic mass is 9.90. The zero-order chi connectivity index (χ0) is 89.5. The summed E-state index contributed by atoms with van der Waals surface area (Å²) in [6, 6.07) is 5.18. The van der Waals surface area contributed by atoms with E-state index >= 15 is 0 Å². The number of carbonyl (C=O) groups excluding carboxylic acids is 9. The van der Waals surface area contributed by atoms with Gasteiger partial charge in [-0.15, -0.1) is 0 Å². The summed E-state index contributed by atoms with van der Waals surface area (Å²) in [5.41, 5.74) is 13.4. The van der Waals surface area contributed by atoms with Crippen LogP contribution in [-0.2, 0) is 59.2 Å². The number of aliphatic hydroxyl groups excluding tert-OH is 1. The van der Waals surface area contributed by atoms with Crippen LogP contribution in [0.1, 0.15) is 133 Å². The maximum atomic E-state index is 14.3. The molecule has 44 heteroatoms. The van der Waals surface area contributed by atoms with E-state index in [0.717, 1.165) is 32.1 Å². The molecule has 4 aliphatic heterocycles. The lowest BCUT2D eigenvalue weighted by Gasteiger charge is -2.31. The van der Waals surface area contributed by atoms with E-state index in [0.29, 0.717) is 71.9 Å². The van der Waals surface area contributed by atoms with Gasteiger partial charge >= 0.3 is 35.9 Å². The van der Waals surface area contributed by atoms with Crippen LogP contribution in [0.2, 0.25) is 0 Å². The molecular formula is C79H94N16O26S2. The van der Waals surface area contributed by atoms with Crippen LogP contribution in [0.5, 0.6) is 23.0 Å². The van der Waals surface area contributed by atoms with Gasteiger partial charge in [-0.3, -0.25) is 77.7 Å². The number of ketones is 3. The SMILES string of the molecule is C=C1C[C@H]2C=Nc3cc(OCCCCCOc4cc5c(cc4OC)C(=O)N4CC(=C)C[C@H]4[C@H](O)N5C(=O)OCCSSC[C@H](CC(=O)[C@H](CC(=O)O)NC(=O)[C@H](CC(=O)O)CC(=O)[C@H](CCCNC(=N)N)NC(=O)[C@H](CC(=O)O)CC(=O)CC[C@H](NC(=O)c4ccc(NCc5cnc6nc(N)[nH]c(=O)c6n5)cc4)C(=O)O)C(=O)O)c(OC)cc3C(=O)N2C1. The molecule has 2 fully saturated rings. The molecule has 4 aliphatic rings. The summed E-state index contributed by atoms with van der Waals surface area (Å²) in [7, 11) is 4.72. The number of nitrogens with two attached hydrogens (primary N) is 2. The number of guanidine groups is 1. The predicted octanol–water partition coefficient (Wildman–Crippen LogP) is 3.60. The fourth-order valence-electron chi connectivity index (χ4n) is 13.9. The second-order valence-electron chi connectivity index (χ2n) is 29.2. The number of nitrogens with zero attached hydrogens (tertiary/aromatic N) is 7. The normalized spacial score (nSPS) is 16.6. The minimum Gasteiger partial charge on any atom is -0.493 e. The van der Waals surface area contributed by atoms with Crippen molar-refractivity contribution >= 4 is 151 Å². The van der Waals surface area contributed by atoms with Crippen LogP contribution in [0.15, 0.2) is 88.8 Å². The van der Waals surface area contributed by atoms with Crippen molar-refractivity contribution in [1.82, 2.24) is 51.0 Å². The minimum absolute atomic E-state index is 0.00698. The standard InChI is InChI=1S/C79H94N16O26S2/c1-39-21-47-35-85-53-30-61(59(117-3)28-49(53)72(109)93(47)36-39)119-17-6-5-7-18-120-62-32-55-50(29-60(62)118-4)73(110)94-37-40(2)22-56(94)74(111)95(55)79(116)121-19-20-122-123-38-44(75(112)113)25-58(98)54(31-65(103)104)90-70(107)43(27-64(101)102)24-57(97)51(9-8-16-83-77(80)81)88-69(106)42(26-63(99)100)23-48(96)14-15-52(76(114)115)89-68(105)41-10-12-45(13-11-41)84-33-46-34-86-67-66(87-46)71(108)92-78(82)91-67/h10-13,28-30,32,34-35,42-44,47,51-52,54,56,74,84,111H,1-2,5-9,14-27,31,33,36-38H2,3-4H3,(H,88,106)(H,89,105)(H,90,107)(H,99,100)(H,101,102)(H,103,104)(H,112,113)(H,114,115)(H4,80,81,83)(H3,82,86,91,92,108)/t42-,43-,44-,47-,51-,52-,54-,56-,74-/m0/s1. The Morgan fingerprint density at radius 3 is 1.92 bits per heavy atom. The number of aliphatic imine (C=N–C) groups is 1. The lowest BCUT2D eigenvalue weighted by Crippen LogP contribution is -2.51. The number of benzene rings is 3. The molecule has 9 rings (SSSR count). The molecule has 3 aromatic carbocycles. The van der Waals surface area contributed by atoms with Crippen LogP contribution in [0, 0.1) is 23.2 Å². The Kier molecular flexibility index (Phi) is 33.3. The Hall–Kier alpha value is -13.3. The molecule has 123 heavy (non-hydrogen) atoms. The second-order valence-corrected chi connectivity index (χ2v) is 31.8. The zero-order valence-electron chi connectivity index (χ0n) is 66.8. The number of anilines is 3. The number of carboxylic acids is 5. The molecule has 0 bridgehead atoms. The number of nitrogen functional groups attached to an aromatic ring is 1. The van der Waals surface area contributed by atoms with Gasteiger partial charge in [0.15, 0.2) is 57.9 Å². The quantitative estimate of drug-likeness (QED) is 0.00869. The number of aromatic amines is 1. The Bertz CT molecular complexity index is 5010. The number of carboxylic acid groups (broad SMARTS) is 5. The van der Waals surface area contributed by atoms with Gasteiger partial charge in [-0.1, -0.05) is 45.9 Å². The number of methoxy groups -OCH3 is 2. The predicted molar refractivity (Wildman–Crippen MR) is 442 cm³/mol. The molecule has 9 atom stereocenters. The number of hydrogen-bond donors (Lipinski definition) is 15. The number of unbranched alkanes of at least 4 members (excludes halogenated alkanes) is 2. The second kappa shape index (κ2) is 43.8. The van der Waals surface area contributed by atoms with E-state index in [1.54, 1.807) is 23.2 Å². The first-order chi connectivity index (χ1) is 58.6. The van der Waals surface area contributed by atoms with Gasteiger partial charge in [0.05, 0.1) is 130 Å². The van der Waals surface area contributed by atoms with Crippen LogP contribution in [0.3, 0.4) is 0 Å². The molecule has 0 radical (unpaired) electrons. The zero-order valence-corrected chi connectivity index (χ0v) is 68.4. The minimum atomic E-state index is -2.02. The fraction of sp³-hybridized carbons (Fsp3) is 0.443. The number of aliphatic carboxylic acids is 5. The number of ether oxygens (including phenoxy) is 5. The van der Waals surface area contributed by atoms with E-state index in [9.17, 15) is 103 Å². The molecule has 2 saturated heterocycles. The molecule has 0 spiro atoms. The molecule has 0 aliphatic carbocycles. The number of rotatable bonds is 48. The van der Waals surface area contributed by atoms with Crippen LogP contribution >= 0.6 is 21.6 Å². The van der Waals surface area contributed by atoms with Crippen molar-refractivity contribution < 1.29 is 121 Å². The third-order valence-electron chi connectivity index (χ3n) is 20.1. The first-order valence-electron chi connectivity index (χ1n) is 38.7. The van der Waals surface area contributed by atoms with Crippen molar-refractivity contribution in [2.75, 3.05) is 81.1 Å². The number of amides is 6. The average Bonchev–Trinajstić information content (AvgIpc) is 1.62. The Morgan fingerprint density at radius 2 is 1.28 bits per heavy atom. The van der Waals surface area contributed by atoms with Crippen molar-refractivity contribution in [3.63, 3.8) is 0 Å². The molecule has 0 unspecified atom stereocenters. The highest BCUT2D eigenvalue weighted by Gasteiger charge is 2.47. The first-order valence-corrected chi connectivity index (χ1v) is 41.2. The fourth-order valence-corrected chi connectivity index (χ4v) is 16.0. The van der Waals surface area contributed by atoms with Crippen molar-refractivity contribution in [1.29, 1.82) is 5.41 Å². The van der Waals surface area contributed by atoms with Crippen LogP contribution in [-0.4, -0.2) is 257 Å². The van der Waals surface area contributed by atoms with Gasteiger partial charge in [-0.05, 0) is 87.8 Å². The van der Waals surface area contributed by atoms with E-state index in [2.05, 4.69) is 64.7 Å². The van der Waals surface area contributed by atoms with Gasteiger partial charge in [-0.25, -0.2) is 24.5 Å². The lowest BCUT2D eigenvalue weighted by molar-refractivity contribution is -0.145. The molecule has 6 amide bonds. The van der Waals surface area contributed by atoms with Crippen molar-refractivity contribution in [2.45, 2.75) is 139 Å². The van der Waals surface area contributed by atoms with Crippen LogP contribution < -0.4 is 67.5 Å². The highest BCUT2D eigenvalue weighted by atomic mass is 33.1. The van der Waals surface area contributed by atoms with E-state index in [1.807, 2.05) is 0 Å². The molecule has 42 nitrogen and oxygen atoms in total. The number of nitrogens with one attached hydrogen (secondary N) is 7. The van der Waals surface area contributed by atoms with Crippen molar-refractivity contribution in [3.8, 4) is 23.0 Å². The highest BCUT2D eigenvalue weighted by Crippen LogP contribution is 2.43. The molecule has 0 saturated carbocycles. The van der Waals surface area contributed by atoms with Gasteiger partial charge < -0.3 is 102 Å². The summed E-state index contributed by atoms with van der Waals surface area (Å²) < 4.78 is 29.2. The number of aliphatic hydroxyl groups is 1. The monoisotopic (exact) mass is 1750 g/mol. The molecule has 5 aromatic rings. The summed E-state index contributed by atoms with van der Waals surface area (Å²) >= 11 is 0. The van der Waals surface area contributed by atoms with E-state index in [-0.39, 0.29) is 128 Å². The first kappa shape index (κ1) is 93.6. The van der Waals surface area contributed by atoms with Gasteiger partial charge in [0, 0.05) is 86.4 Å². The largest absolute Gasteiger partial charge is 0.493 e. The van der Waals surface area contributed by atoms with Gasteiger partial charge in [0.1, 0.15) is 18.4 Å². The smallest absolute Gasteiger partial charge is 0.416 e. The summed E-state index contributed by atoms with van der Waals surface area (Å²) in [5.74, 6) is -20.6. The Labute approximate surface area is 709 Å². The van der Waals surface area contributed by atoms with E-state index < -0.39 is 188 Å². The van der Waals surface area contributed by atoms with Gasteiger partial charge in [-0.2, -0.15) is 4.98 Å². The Balaban J connectivity index is 0.761. The maximum absolute atomic E-state index is 14.3. The number of aromatic nitrogens is 4. The summed E-state index contributed by atoms with van der Waals surface area (Å²) in [6.45, 7) is 8.52. The molecule has 2 aromatic heterocycles. The molecule has 17 N–H and O–H groups in total. The summed E-state index contributed by atoms with van der Waals surface area (Å²) in [4.78, 5) is 222. The van der Waals surface area contributed by atoms with Crippen LogP contribution in [0.25, 0.3) is 11.2 Å². The summed E-state index contributed by atoms with van der Waals surface area (Å²) in [5, 5.41) is 81.8. The third kappa shape index (κ3) is 25.9. The van der Waals surface area contributed by atoms with Crippen molar-refractivity contribution in [3.05, 3.63) is 112 Å². The summed E-state index contributed by atoms with van der Waals surface area (Å²) in [6.07, 6.45) is -5.02. The number of H-pyrrole nitrogens is 1. The Morgan fingerprint density at radius 1 is 0.667 bits per heavy atom. The molecular weight excluding hydrogens is 1650 g/mol. The number of Topliss-reactive ketones (excluding diaryl/α,β-unsaturated/α-hetero) is 3. The third-order valence-corrected chi connectivity index (χ3v) is 22.6. The van der Waals surface area contributed by atoms with Crippen LogP contribution in [0.4, 0.5) is 27.8 Å². The van der Waals surface area contributed by atoms with Crippen molar-refractivity contribution in [2.24, 2.45) is 28.5 Å². The van der Waals surface area contributed by atoms with Gasteiger partial charge in [0.2, 0.25) is 17.8 Å². The topological polar surface area (TPSA) is 636 Å². The number of hydrogen-bond acceptors (Lipinski definition) is 30. The van der Waals surface area contributed by atoms with E-state index in [1.165, 1.54) is 61.7 Å². The van der Waals surface area contributed by atoms with E-state index in [4.69, 9.17) is 40.6 Å². The number of carbonyl (C=O) groups is 14. The molecule has 658 valence electrons. The molecule has 6 heterocycles. The van der Waals surface area contributed by atoms with Gasteiger partial charge in [0.25, 0.3) is 23.3 Å².